The molecule has 0 spiro atoms. The third kappa shape index (κ3) is 3.57. The molecule has 4 aromatic rings. The Morgan fingerprint density at radius 3 is 2.50 bits per heavy atom. The van der Waals surface area contributed by atoms with E-state index in [9.17, 15) is 4.79 Å². The summed E-state index contributed by atoms with van der Waals surface area (Å²) in [6, 6.07) is 14.4. The lowest BCUT2D eigenvalue weighted by molar-refractivity contribution is -0.129. The van der Waals surface area contributed by atoms with Gasteiger partial charge in [-0.15, -0.1) is 0 Å². The highest BCUT2D eigenvalue weighted by Crippen LogP contribution is 2.28. The summed E-state index contributed by atoms with van der Waals surface area (Å²) in [7, 11) is 1.63. The van der Waals surface area contributed by atoms with Crippen LogP contribution >= 0.6 is 0 Å². The number of nitrogen functional groups attached to an aromatic ring is 1. The maximum atomic E-state index is 11.5. The molecule has 1 amide bonds. The van der Waals surface area contributed by atoms with Crippen molar-refractivity contribution in [2.24, 2.45) is 0 Å². The SMILES string of the molecule is COc1cccc2c1nc(N)n1cc(Cc3ccc(N4CCN(C(C)=O)CC4)cc3)nc21. The second-order valence-electron chi connectivity index (χ2n) is 8.09. The Balaban J connectivity index is 1.37. The molecule has 2 aromatic carbocycles. The van der Waals surface area contributed by atoms with Gasteiger partial charge in [0.1, 0.15) is 16.9 Å². The van der Waals surface area contributed by atoms with Gasteiger partial charge in [0, 0.05) is 56.8 Å². The molecule has 2 aromatic heterocycles. The Labute approximate surface area is 186 Å². The third-order valence-corrected chi connectivity index (χ3v) is 6.10. The molecule has 5 rings (SSSR count). The standard InChI is InChI=1S/C24H26N6O2/c1-16(31)28-10-12-29(13-11-28)19-8-6-17(7-9-19)14-18-15-30-23(26-18)20-4-3-5-21(32-2)22(20)27-24(30)25/h3-9,15H,10-14H2,1-2H3,(H2,25,27). The minimum absolute atomic E-state index is 0.148. The fourth-order valence-electron chi connectivity index (χ4n) is 4.34. The lowest BCUT2D eigenvalue weighted by Crippen LogP contribution is -2.48. The summed E-state index contributed by atoms with van der Waals surface area (Å²) in [6.07, 6.45) is 2.65. The normalized spacial score (nSPS) is 14.3. The van der Waals surface area contributed by atoms with Gasteiger partial charge in [-0.2, -0.15) is 0 Å². The van der Waals surface area contributed by atoms with Crippen molar-refractivity contribution in [3.05, 3.63) is 59.9 Å². The van der Waals surface area contributed by atoms with E-state index in [4.69, 9.17) is 15.5 Å². The van der Waals surface area contributed by atoms with Crippen molar-refractivity contribution >= 4 is 34.1 Å². The molecule has 8 heteroatoms. The molecule has 1 aliphatic heterocycles. The number of benzene rings is 2. The number of carbonyl (C=O) groups is 1. The molecule has 3 heterocycles. The van der Waals surface area contributed by atoms with E-state index in [1.54, 1.807) is 14.0 Å². The van der Waals surface area contributed by atoms with Crippen LogP contribution in [-0.2, 0) is 11.2 Å². The number of hydrogen-bond acceptors (Lipinski definition) is 6. The highest BCUT2D eigenvalue weighted by Gasteiger charge is 2.19. The van der Waals surface area contributed by atoms with Crippen LogP contribution in [0.25, 0.3) is 16.6 Å². The minimum atomic E-state index is 0.148. The van der Waals surface area contributed by atoms with Crippen LogP contribution in [0, 0.1) is 0 Å². The summed E-state index contributed by atoms with van der Waals surface area (Å²) in [5.74, 6) is 1.21. The summed E-state index contributed by atoms with van der Waals surface area (Å²) in [5, 5.41) is 0.907. The number of carbonyl (C=O) groups excluding carboxylic acids is 1. The van der Waals surface area contributed by atoms with Crippen molar-refractivity contribution in [3.8, 4) is 5.75 Å². The number of aromatic nitrogens is 3. The zero-order valence-corrected chi connectivity index (χ0v) is 18.3. The molecule has 0 atom stereocenters. The van der Waals surface area contributed by atoms with Crippen LogP contribution in [0.15, 0.2) is 48.7 Å². The van der Waals surface area contributed by atoms with Gasteiger partial charge in [0.15, 0.2) is 0 Å². The summed E-state index contributed by atoms with van der Waals surface area (Å²) in [5.41, 5.74) is 11.0. The van der Waals surface area contributed by atoms with Gasteiger partial charge in [-0.05, 0) is 29.8 Å². The molecule has 1 aliphatic rings. The second kappa shape index (κ2) is 8.03. The smallest absolute Gasteiger partial charge is 0.219 e. The zero-order valence-electron chi connectivity index (χ0n) is 18.3. The number of methoxy groups -OCH3 is 1. The first-order valence-electron chi connectivity index (χ1n) is 10.7. The number of piperazine rings is 1. The predicted octanol–water partition coefficient (Wildman–Crippen LogP) is 2.73. The van der Waals surface area contributed by atoms with Crippen LogP contribution < -0.4 is 15.4 Å². The van der Waals surface area contributed by atoms with Crippen LogP contribution in [0.1, 0.15) is 18.2 Å². The van der Waals surface area contributed by atoms with Gasteiger partial charge in [0.05, 0.1) is 12.8 Å². The number of ether oxygens (including phenoxy) is 1. The monoisotopic (exact) mass is 430 g/mol. The molecule has 0 bridgehead atoms. The van der Waals surface area contributed by atoms with Crippen molar-refractivity contribution in [2.45, 2.75) is 13.3 Å². The summed E-state index contributed by atoms with van der Waals surface area (Å²) in [4.78, 5) is 25.1. The fraction of sp³-hybridized carbons (Fsp3) is 0.292. The van der Waals surface area contributed by atoms with Crippen molar-refractivity contribution in [3.63, 3.8) is 0 Å². The first kappa shape index (κ1) is 20.1. The van der Waals surface area contributed by atoms with Crippen LogP contribution in [0.4, 0.5) is 11.6 Å². The average Bonchev–Trinajstić information content (AvgIpc) is 3.24. The second-order valence-corrected chi connectivity index (χ2v) is 8.09. The molecular weight excluding hydrogens is 404 g/mol. The Morgan fingerprint density at radius 2 is 1.81 bits per heavy atom. The van der Waals surface area contributed by atoms with Gasteiger partial charge in [-0.1, -0.05) is 18.2 Å². The van der Waals surface area contributed by atoms with Gasteiger partial charge in [-0.25, -0.2) is 9.97 Å². The maximum absolute atomic E-state index is 11.5. The Morgan fingerprint density at radius 1 is 1.06 bits per heavy atom. The van der Waals surface area contributed by atoms with Crippen molar-refractivity contribution < 1.29 is 9.53 Å². The van der Waals surface area contributed by atoms with Crippen LogP contribution in [0.5, 0.6) is 5.75 Å². The number of imidazole rings is 1. The van der Waals surface area contributed by atoms with Crippen molar-refractivity contribution in [1.82, 2.24) is 19.3 Å². The van der Waals surface area contributed by atoms with E-state index in [1.807, 2.05) is 33.7 Å². The molecule has 164 valence electrons. The van der Waals surface area contributed by atoms with Crippen molar-refractivity contribution in [2.75, 3.05) is 43.9 Å². The van der Waals surface area contributed by atoms with Gasteiger partial charge in [0.2, 0.25) is 11.9 Å². The number of rotatable bonds is 4. The number of nitrogens with zero attached hydrogens (tertiary/aromatic N) is 5. The number of amides is 1. The summed E-state index contributed by atoms with van der Waals surface area (Å²) < 4.78 is 7.27. The molecular formula is C24H26N6O2. The first-order chi connectivity index (χ1) is 15.5. The molecule has 2 N–H and O–H groups in total. The fourth-order valence-corrected chi connectivity index (χ4v) is 4.34. The molecule has 0 saturated carbocycles. The Bertz CT molecular complexity index is 1290. The van der Waals surface area contributed by atoms with E-state index in [2.05, 4.69) is 34.1 Å². The molecule has 1 fully saturated rings. The number of para-hydroxylation sites is 1. The van der Waals surface area contributed by atoms with Gasteiger partial charge in [-0.3, -0.25) is 9.20 Å². The van der Waals surface area contributed by atoms with Gasteiger partial charge < -0.3 is 20.3 Å². The Kier molecular flexibility index (Phi) is 5.05. The largest absolute Gasteiger partial charge is 0.494 e. The number of anilines is 2. The van der Waals surface area contributed by atoms with Gasteiger partial charge in [0.25, 0.3) is 0 Å². The zero-order chi connectivity index (χ0) is 22.2. The molecule has 0 aliphatic carbocycles. The highest BCUT2D eigenvalue weighted by molar-refractivity contribution is 5.96. The minimum Gasteiger partial charge on any atom is -0.494 e. The topological polar surface area (TPSA) is 89.0 Å². The lowest BCUT2D eigenvalue weighted by atomic mass is 10.1. The lowest BCUT2D eigenvalue weighted by Gasteiger charge is -2.35. The maximum Gasteiger partial charge on any atom is 0.219 e. The summed E-state index contributed by atoms with van der Waals surface area (Å²) in [6.45, 7) is 4.88. The van der Waals surface area contributed by atoms with E-state index in [0.29, 0.717) is 23.6 Å². The molecule has 0 unspecified atom stereocenters. The van der Waals surface area contributed by atoms with E-state index in [-0.39, 0.29) is 5.91 Å². The predicted molar refractivity (Wildman–Crippen MR) is 125 cm³/mol. The number of nitrogens with two attached hydrogens (primary N) is 1. The van der Waals surface area contributed by atoms with E-state index in [1.165, 1.54) is 11.3 Å². The molecule has 8 nitrogen and oxygen atoms in total. The number of fused-ring (bicyclic) bond motifs is 3. The van der Waals surface area contributed by atoms with Crippen LogP contribution in [0.2, 0.25) is 0 Å². The van der Waals surface area contributed by atoms with E-state index < -0.39 is 0 Å². The van der Waals surface area contributed by atoms with Gasteiger partial charge >= 0.3 is 0 Å². The molecule has 1 saturated heterocycles. The summed E-state index contributed by atoms with van der Waals surface area (Å²) >= 11 is 0. The van der Waals surface area contributed by atoms with E-state index in [0.717, 1.165) is 42.9 Å². The molecule has 0 radical (unpaired) electrons. The Hall–Kier alpha value is -3.81. The van der Waals surface area contributed by atoms with E-state index >= 15 is 0 Å². The van der Waals surface area contributed by atoms with Crippen LogP contribution in [-0.4, -0.2) is 58.5 Å². The van der Waals surface area contributed by atoms with Crippen LogP contribution in [0.3, 0.4) is 0 Å². The van der Waals surface area contributed by atoms with Crippen molar-refractivity contribution in [1.29, 1.82) is 0 Å². The first-order valence-corrected chi connectivity index (χ1v) is 10.7. The molecule has 32 heavy (non-hydrogen) atoms. The number of hydrogen-bond donors (Lipinski definition) is 1. The third-order valence-electron chi connectivity index (χ3n) is 6.10. The average molecular weight is 431 g/mol. The highest BCUT2D eigenvalue weighted by atomic mass is 16.5. The quantitative estimate of drug-likeness (QED) is 0.536.